The van der Waals surface area contributed by atoms with Gasteiger partial charge in [-0.3, -0.25) is 4.90 Å². The standard InChI is InChI=1S/C25H39N7/c1-17-7-5-12-32(30-17)20(4)22(13-31-14-25(15-31)9-6-10-28-25)29-19(3)23-18(2)24(23)21-8-11-26-16-27-21/h8,11,16-18,22-24,28-30H,3-7,9-10,12-15H2,1-2H3/t17-,18?,22?,23+,24?/m1/s1. The molecule has 7 nitrogen and oxygen atoms in total. The van der Waals surface area contributed by atoms with E-state index in [9.17, 15) is 0 Å². The molecular weight excluding hydrogens is 398 g/mol. The molecule has 0 amide bonds. The van der Waals surface area contributed by atoms with Gasteiger partial charge in [0, 0.05) is 72.9 Å². The molecule has 3 saturated heterocycles. The molecule has 7 heteroatoms. The van der Waals surface area contributed by atoms with E-state index in [0.717, 1.165) is 43.3 Å². The fraction of sp³-hybridized carbons (Fsp3) is 0.680. The number of allylic oxidation sites excluding steroid dienone is 1. The Balaban J connectivity index is 1.25. The molecule has 1 aromatic rings. The van der Waals surface area contributed by atoms with Crippen molar-refractivity contribution in [1.29, 1.82) is 0 Å². The third-order valence-corrected chi connectivity index (χ3v) is 8.06. The van der Waals surface area contributed by atoms with Crippen molar-refractivity contribution in [1.82, 2.24) is 35.9 Å². The third-order valence-electron chi connectivity index (χ3n) is 8.06. The summed E-state index contributed by atoms with van der Waals surface area (Å²) in [5.41, 5.74) is 7.37. The maximum absolute atomic E-state index is 4.54. The van der Waals surface area contributed by atoms with Gasteiger partial charge in [0.15, 0.2) is 0 Å². The highest BCUT2D eigenvalue weighted by molar-refractivity contribution is 5.29. The first-order valence-corrected chi connectivity index (χ1v) is 12.4. The van der Waals surface area contributed by atoms with Crippen LogP contribution in [-0.2, 0) is 0 Å². The van der Waals surface area contributed by atoms with Crippen LogP contribution in [0.4, 0.5) is 0 Å². The van der Waals surface area contributed by atoms with Crippen LogP contribution in [0, 0.1) is 11.8 Å². The summed E-state index contributed by atoms with van der Waals surface area (Å²) in [7, 11) is 0. The van der Waals surface area contributed by atoms with Crippen LogP contribution in [0.3, 0.4) is 0 Å². The van der Waals surface area contributed by atoms with E-state index >= 15 is 0 Å². The van der Waals surface area contributed by atoms with Crippen LogP contribution in [0.5, 0.6) is 0 Å². The van der Waals surface area contributed by atoms with Crippen molar-refractivity contribution >= 4 is 0 Å². The first-order valence-electron chi connectivity index (χ1n) is 12.4. The second kappa shape index (κ2) is 8.76. The highest BCUT2D eigenvalue weighted by atomic mass is 15.5. The number of hydrogen-bond acceptors (Lipinski definition) is 7. The number of rotatable bonds is 8. The van der Waals surface area contributed by atoms with Gasteiger partial charge in [-0.25, -0.2) is 15.4 Å². The van der Waals surface area contributed by atoms with Gasteiger partial charge in [0.05, 0.1) is 6.04 Å². The summed E-state index contributed by atoms with van der Waals surface area (Å²) in [4.78, 5) is 11.1. The molecule has 5 atom stereocenters. The topological polar surface area (TPSA) is 68.3 Å². The maximum atomic E-state index is 4.54. The van der Waals surface area contributed by atoms with Crippen molar-refractivity contribution in [2.45, 2.75) is 63.1 Å². The van der Waals surface area contributed by atoms with Crippen molar-refractivity contribution in [3.05, 3.63) is 48.8 Å². The summed E-state index contributed by atoms with van der Waals surface area (Å²) in [6.07, 6.45) is 8.52. The van der Waals surface area contributed by atoms with E-state index in [0.29, 0.717) is 29.3 Å². The lowest BCUT2D eigenvalue weighted by atomic mass is 9.87. The average Bonchev–Trinajstić information content (AvgIpc) is 3.20. The molecule has 3 aliphatic heterocycles. The first-order chi connectivity index (χ1) is 15.5. The quantitative estimate of drug-likeness (QED) is 0.576. The lowest BCUT2D eigenvalue weighted by Crippen LogP contribution is -2.68. The lowest BCUT2D eigenvalue weighted by Gasteiger charge is -2.50. The number of nitrogens with zero attached hydrogens (tertiary/aromatic N) is 4. The number of hydrazine groups is 1. The first kappa shape index (κ1) is 21.9. The highest BCUT2D eigenvalue weighted by Gasteiger charge is 2.51. The van der Waals surface area contributed by atoms with Gasteiger partial charge < -0.3 is 15.6 Å². The molecule has 3 unspecified atom stereocenters. The Hall–Kier alpha value is -1.96. The summed E-state index contributed by atoms with van der Waals surface area (Å²) < 4.78 is 0. The molecule has 1 saturated carbocycles. The SMILES string of the molecule is C=C(NC(CN1CC2(CCCN2)C1)C(=C)N1CCC[C@@H](C)N1)[C@@H]1C(C)C1c1ccncn1. The van der Waals surface area contributed by atoms with E-state index in [1.54, 1.807) is 6.33 Å². The predicted molar refractivity (Wildman–Crippen MR) is 128 cm³/mol. The molecule has 0 aromatic carbocycles. The normalized spacial score (nSPS) is 32.4. The Morgan fingerprint density at radius 3 is 2.84 bits per heavy atom. The zero-order valence-electron chi connectivity index (χ0n) is 19.7. The van der Waals surface area contributed by atoms with Crippen LogP contribution in [-0.4, -0.2) is 70.2 Å². The molecule has 0 radical (unpaired) electrons. The summed E-state index contributed by atoms with van der Waals surface area (Å²) in [6.45, 7) is 19.0. The van der Waals surface area contributed by atoms with Gasteiger partial charge in [-0.15, -0.1) is 0 Å². The molecule has 32 heavy (non-hydrogen) atoms. The van der Waals surface area contributed by atoms with Crippen LogP contribution >= 0.6 is 0 Å². The Kier molecular flexibility index (Phi) is 5.99. The fourth-order valence-corrected chi connectivity index (χ4v) is 6.20. The minimum absolute atomic E-state index is 0.151. The minimum atomic E-state index is 0.151. The van der Waals surface area contributed by atoms with Gasteiger partial charge in [-0.05, 0) is 51.1 Å². The van der Waals surface area contributed by atoms with E-state index in [1.807, 2.05) is 12.3 Å². The summed E-state index contributed by atoms with van der Waals surface area (Å²) in [6, 6.07) is 2.68. The van der Waals surface area contributed by atoms with Crippen LogP contribution in [0.25, 0.3) is 0 Å². The second-order valence-corrected chi connectivity index (χ2v) is 10.6. The van der Waals surface area contributed by atoms with Gasteiger partial charge in [0.2, 0.25) is 0 Å². The van der Waals surface area contributed by atoms with E-state index in [4.69, 9.17) is 0 Å². The summed E-state index contributed by atoms with van der Waals surface area (Å²) in [5.74, 6) is 1.38. The van der Waals surface area contributed by atoms with E-state index in [-0.39, 0.29) is 6.04 Å². The number of hydrogen-bond donors (Lipinski definition) is 3. The third kappa shape index (κ3) is 4.30. The van der Waals surface area contributed by atoms with Crippen molar-refractivity contribution in [2.24, 2.45) is 11.8 Å². The number of aromatic nitrogens is 2. The van der Waals surface area contributed by atoms with E-state index in [1.165, 1.54) is 32.2 Å². The molecule has 1 aromatic heterocycles. The lowest BCUT2D eigenvalue weighted by molar-refractivity contribution is 0.0449. The summed E-state index contributed by atoms with van der Waals surface area (Å²) in [5, 5.41) is 9.83. The minimum Gasteiger partial charge on any atom is -0.379 e. The second-order valence-electron chi connectivity index (χ2n) is 10.6. The van der Waals surface area contributed by atoms with Crippen LogP contribution < -0.4 is 16.1 Å². The zero-order chi connectivity index (χ0) is 22.3. The van der Waals surface area contributed by atoms with Crippen LogP contribution in [0.2, 0.25) is 0 Å². The number of likely N-dealkylation sites (tertiary alicyclic amines) is 1. The Bertz CT molecular complexity index is 826. The smallest absolute Gasteiger partial charge is 0.115 e. The Morgan fingerprint density at radius 1 is 1.31 bits per heavy atom. The molecule has 3 N–H and O–H groups in total. The number of nitrogens with one attached hydrogen (secondary N) is 3. The zero-order valence-corrected chi connectivity index (χ0v) is 19.7. The van der Waals surface area contributed by atoms with Gasteiger partial charge in [0.1, 0.15) is 6.33 Å². The van der Waals surface area contributed by atoms with Gasteiger partial charge in [-0.1, -0.05) is 20.1 Å². The molecule has 4 heterocycles. The van der Waals surface area contributed by atoms with E-state index < -0.39 is 0 Å². The highest BCUT2D eigenvalue weighted by Crippen LogP contribution is 2.56. The molecule has 0 bridgehead atoms. The van der Waals surface area contributed by atoms with Crippen molar-refractivity contribution in [3.8, 4) is 0 Å². The molecule has 1 spiro atoms. The van der Waals surface area contributed by atoms with Gasteiger partial charge in [0.25, 0.3) is 0 Å². The largest absolute Gasteiger partial charge is 0.379 e. The van der Waals surface area contributed by atoms with Crippen molar-refractivity contribution < 1.29 is 0 Å². The Morgan fingerprint density at radius 2 is 2.16 bits per heavy atom. The molecular formula is C25H39N7. The van der Waals surface area contributed by atoms with Gasteiger partial charge >= 0.3 is 0 Å². The van der Waals surface area contributed by atoms with Crippen LogP contribution in [0.15, 0.2) is 43.1 Å². The molecule has 4 aliphatic rings. The predicted octanol–water partition coefficient (Wildman–Crippen LogP) is 2.24. The molecule has 5 rings (SSSR count). The van der Waals surface area contributed by atoms with E-state index in [2.05, 4.69) is 62.9 Å². The Labute approximate surface area is 192 Å². The average molecular weight is 438 g/mol. The molecule has 4 fully saturated rings. The van der Waals surface area contributed by atoms with Gasteiger partial charge in [-0.2, -0.15) is 0 Å². The van der Waals surface area contributed by atoms with Crippen LogP contribution in [0.1, 0.15) is 51.1 Å². The monoisotopic (exact) mass is 437 g/mol. The van der Waals surface area contributed by atoms with Crippen molar-refractivity contribution in [3.63, 3.8) is 0 Å². The fourth-order valence-electron chi connectivity index (χ4n) is 6.20. The van der Waals surface area contributed by atoms with Crippen molar-refractivity contribution in [2.75, 3.05) is 32.7 Å². The maximum Gasteiger partial charge on any atom is 0.115 e. The summed E-state index contributed by atoms with van der Waals surface area (Å²) >= 11 is 0. The molecule has 1 aliphatic carbocycles. The molecule has 174 valence electrons.